The Bertz CT molecular complexity index is 309. The average molecular weight is 225 g/mol. The van der Waals surface area contributed by atoms with Crippen molar-refractivity contribution in [2.45, 2.75) is 12.6 Å². The second-order valence-electron chi connectivity index (χ2n) is 3.83. The molecule has 1 atom stereocenters. The quantitative estimate of drug-likeness (QED) is 0.838. The highest BCUT2D eigenvalue weighted by atomic mass is 19.1. The van der Waals surface area contributed by atoms with E-state index >= 15 is 0 Å². The minimum absolute atomic E-state index is 0.134. The maximum absolute atomic E-state index is 12.6. The summed E-state index contributed by atoms with van der Waals surface area (Å²) in [6, 6.07) is 6.50. The molecule has 0 spiro atoms. The molecule has 1 saturated heterocycles. The Labute approximate surface area is 94.6 Å². The van der Waals surface area contributed by atoms with Crippen molar-refractivity contribution in [3.8, 4) is 0 Å². The molecule has 0 saturated carbocycles. The van der Waals surface area contributed by atoms with E-state index in [1.807, 2.05) is 0 Å². The third-order valence-corrected chi connectivity index (χ3v) is 2.50. The number of benzene rings is 1. The molecule has 1 aliphatic rings. The van der Waals surface area contributed by atoms with Gasteiger partial charge in [0.15, 0.2) is 0 Å². The van der Waals surface area contributed by atoms with Gasteiger partial charge in [-0.2, -0.15) is 0 Å². The van der Waals surface area contributed by atoms with E-state index in [4.69, 9.17) is 9.47 Å². The summed E-state index contributed by atoms with van der Waals surface area (Å²) in [6.45, 7) is 3.49. The van der Waals surface area contributed by atoms with E-state index in [2.05, 4.69) is 5.32 Å². The van der Waals surface area contributed by atoms with Crippen LogP contribution in [0, 0.1) is 5.82 Å². The summed E-state index contributed by atoms with van der Waals surface area (Å²) in [6.07, 6.45) is 0.134. The molecule has 4 heteroatoms. The summed E-state index contributed by atoms with van der Waals surface area (Å²) >= 11 is 0. The van der Waals surface area contributed by atoms with Crippen molar-refractivity contribution in [3.63, 3.8) is 0 Å². The Kier molecular flexibility index (Phi) is 4.27. The van der Waals surface area contributed by atoms with Gasteiger partial charge in [-0.25, -0.2) is 4.39 Å². The van der Waals surface area contributed by atoms with E-state index in [0.29, 0.717) is 19.8 Å². The molecule has 1 aliphatic heterocycles. The van der Waals surface area contributed by atoms with Gasteiger partial charge in [-0.15, -0.1) is 0 Å². The van der Waals surface area contributed by atoms with Crippen molar-refractivity contribution in [2.24, 2.45) is 0 Å². The minimum atomic E-state index is -0.201. The van der Waals surface area contributed by atoms with Gasteiger partial charge in [0.05, 0.1) is 25.9 Å². The molecule has 0 aliphatic carbocycles. The lowest BCUT2D eigenvalue weighted by Crippen LogP contribution is -2.37. The standard InChI is InChI=1S/C12H16FNO2/c13-11-3-1-10(2-4-11)7-14-8-12-9-15-5-6-16-12/h1-4,12,14H,5-9H2. The lowest BCUT2D eigenvalue weighted by Gasteiger charge is -2.23. The van der Waals surface area contributed by atoms with E-state index in [1.165, 1.54) is 12.1 Å². The van der Waals surface area contributed by atoms with E-state index < -0.39 is 0 Å². The number of nitrogens with one attached hydrogen (secondary N) is 1. The van der Waals surface area contributed by atoms with Crippen LogP contribution in [-0.4, -0.2) is 32.5 Å². The molecular weight excluding hydrogens is 209 g/mol. The monoisotopic (exact) mass is 225 g/mol. The van der Waals surface area contributed by atoms with Crippen molar-refractivity contribution in [3.05, 3.63) is 35.6 Å². The van der Waals surface area contributed by atoms with Gasteiger partial charge in [0.1, 0.15) is 5.82 Å². The summed E-state index contributed by atoms with van der Waals surface area (Å²) in [5.74, 6) is -0.201. The highest BCUT2D eigenvalue weighted by Crippen LogP contribution is 2.03. The van der Waals surface area contributed by atoms with Gasteiger partial charge >= 0.3 is 0 Å². The molecule has 3 nitrogen and oxygen atoms in total. The van der Waals surface area contributed by atoms with Gasteiger partial charge in [-0.05, 0) is 17.7 Å². The van der Waals surface area contributed by atoms with Crippen LogP contribution in [0.5, 0.6) is 0 Å². The lowest BCUT2D eigenvalue weighted by molar-refractivity contribution is -0.0864. The van der Waals surface area contributed by atoms with Crippen LogP contribution in [0.15, 0.2) is 24.3 Å². The SMILES string of the molecule is Fc1ccc(CNCC2COCCO2)cc1. The maximum atomic E-state index is 12.6. The van der Waals surface area contributed by atoms with Crippen LogP contribution < -0.4 is 5.32 Å². The topological polar surface area (TPSA) is 30.5 Å². The highest BCUT2D eigenvalue weighted by Gasteiger charge is 2.13. The first-order chi connectivity index (χ1) is 7.84. The van der Waals surface area contributed by atoms with Crippen LogP contribution in [0.3, 0.4) is 0 Å². The van der Waals surface area contributed by atoms with Gasteiger partial charge in [-0.1, -0.05) is 12.1 Å². The second-order valence-corrected chi connectivity index (χ2v) is 3.83. The second kappa shape index (κ2) is 5.94. The van der Waals surface area contributed by atoms with Crippen LogP contribution in [-0.2, 0) is 16.0 Å². The zero-order valence-corrected chi connectivity index (χ0v) is 9.12. The highest BCUT2D eigenvalue weighted by molar-refractivity contribution is 5.15. The molecule has 0 bridgehead atoms. The van der Waals surface area contributed by atoms with Gasteiger partial charge in [0.2, 0.25) is 0 Å². The molecule has 0 amide bonds. The molecule has 1 aromatic carbocycles. The fourth-order valence-corrected chi connectivity index (χ4v) is 1.63. The molecule has 2 rings (SSSR count). The lowest BCUT2D eigenvalue weighted by atomic mass is 10.2. The first-order valence-corrected chi connectivity index (χ1v) is 5.49. The number of rotatable bonds is 4. The van der Waals surface area contributed by atoms with E-state index in [0.717, 1.165) is 18.7 Å². The van der Waals surface area contributed by atoms with Crippen molar-refractivity contribution in [1.82, 2.24) is 5.32 Å². The first kappa shape index (κ1) is 11.5. The third-order valence-electron chi connectivity index (χ3n) is 2.50. The van der Waals surface area contributed by atoms with E-state index in [9.17, 15) is 4.39 Å². The molecule has 1 N–H and O–H groups in total. The zero-order chi connectivity index (χ0) is 11.2. The van der Waals surface area contributed by atoms with Crippen LogP contribution in [0.25, 0.3) is 0 Å². The summed E-state index contributed by atoms with van der Waals surface area (Å²) in [5.41, 5.74) is 1.07. The molecule has 1 aromatic rings. The van der Waals surface area contributed by atoms with Gasteiger partial charge in [0, 0.05) is 13.1 Å². The minimum Gasteiger partial charge on any atom is -0.376 e. The Hall–Kier alpha value is -0.970. The van der Waals surface area contributed by atoms with Gasteiger partial charge in [-0.3, -0.25) is 0 Å². The Morgan fingerprint density at radius 3 is 2.75 bits per heavy atom. The summed E-state index contributed by atoms with van der Waals surface area (Å²) in [7, 11) is 0. The molecule has 16 heavy (non-hydrogen) atoms. The molecule has 88 valence electrons. The van der Waals surface area contributed by atoms with Crippen molar-refractivity contribution >= 4 is 0 Å². The van der Waals surface area contributed by atoms with E-state index in [-0.39, 0.29) is 11.9 Å². The Morgan fingerprint density at radius 1 is 1.25 bits per heavy atom. The molecule has 0 radical (unpaired) electrons. The predicted molar refractivity (Wildman–Crippen MR) is 58.7 cm³/mol. The van der Waals surface area contributed by atoms with Crippen molar-refractivity contribution < 1.29 is 13.9 Å². The Balaban J connectivity index is 1.69. The normalized spacial score (nSPS) is 20.9. The molecule has 1 fully saturated rings. The van der Waals surface area contributed by atoms with Gasteiger partial charge in [0.25, 0.3) is 0 Å². The fourth-order valence-electron chi connectivity index (χ4n) is 1.63. The predicted octanol–water partition coefficient (Wildman–Crippen LogP) is 1.33. The summed E-state index contributed by atoms with van der Waals surface area (Å²) < 4.78 is 23.4. The van der Waals surface area contributed by atoms with E-state index in [1.54, 1.807) is 12.1 Å². The summed E-state index contributed by atoms with van der Waals surface area (Å²) in [4.78, 5) is 0. The van der Waals surface area contributed by atoms with Crippen LogP contribution in [0.4, 0.5) is 4.39 Å². The first-order valence-electron chi connectivity index (χ1n) is 5.49. The summed E-state index contributed by atoms with van der Waals surface area (Å²) in [5, 5.41) is 3.26. The Morgan fingerprint density at radius 2 is 2.06 bits per heavy atom. The molecule has 1 unspecified atom stereocenters. The third kappa shape index (κ3) is 3.56. The number of halogens is 1. The smallest absolute Gasteiger partial charge is 0.123 e. The van der Waals surface area contributed by atoms with Crippen LogP contribution >= 0.6 is 0 Å². The molecule has 1 heterocycles. The zero-order valence-electron chi connectivity index (χ0n) is 9.12. The number of ether oxygens (including phenoxy) is 2. The number of hydrogen-bond acceptors (Lipinski definition) is 3. The largest absolute Gasteiger partial charge is 0.376 e. The molecular formula is C12H16FNO2. The van der Waals surface area contributed by atoms with Crippen molar-refractivity contribution in [1.29, 1.82) is 0 Å². The van der Waals surface area contributed by atoms with Crippen LogP contribution in [0.1, 0.15) is 5.56 Å². The van der Waals surface area contributed by atoms with Crippen molar-refractivity contribution in [2.75, 3.05) is 26.4 Å². The maximum Gasteiger partial charge on any atom is 0.123 e. The number of hydrogen-bond donors (Lipinski definition) is 1. The average Bonchev–Trinajstić information content (AvgIpc) is 2.33. The molecule has 0 aromatic heterocycles. The van der Waals surface area contributed by atoms with Gasteiger partial charge < -0.3 is 14.8 Å². The fraction of sp³-hybridized carbons (Fsp3) is 0.500. The van der Waals surface area contributed by atoms with Crippen LogP contribution in [0.2, 0.25) is 0 Å².